The summed E-state index contributed by atoms with van der Waals surface area (Å²) in [7, 11) is 0. The molecule has 0 radical (unpaired) electrons. The lowest BCUT2D eigenvalue weighted by atomic mass is 9.79. The molecule has 114 valence electrons. The molecule has 2 rings (SSSR count). The standard InChI is InChI=1S/C16H20O4S/c1-2-20-15(18)16(12-19-10-8-14(16)17)9-11-21-13-6-4-3-5-7-13/h3-7H,2,8-12H2,1H3. The van der Waals surface area contributed by atoms with Crippen molar-refractivity contribution in [2.75, 3.05) is 25.6 Å². The minimum Gasteiger partial charge on any atom is -0.465 e. The predicted molar refractivity (Wildman–Crippen MR) is 81.3 cm³/mol. The number of ether oxygens (including phenoxy) is 2. The number of rotatable bonds is 6. The average Bonchev–Trinajstić information content (AvgIpc) is 2.50. The highest BCUT2D eigenvalue weighted by molar-refractivity contribution is 7.99. The Hall–Kier alpha value is -1.33. The molecule has 1 unspecified atom stereocenters. The molecule has 4 nitrogen and oxygen atoms in total. The first kappa shape index (κ1) is 16.0. The number of carbonyl (C=O) groups is 2. The second kappa shape index (κ2) is 7.61. The van der Waals surface area contributed by atoms with Crippen LogP contribution in [0.4, 0.5) is 0 Å². The summed E-state index contributed by atoms with van der Waals surface area (Å²) >= 11 is 1.63. The second-order valence-corrected chi connectivity index (χ2v) is 6.11. The minimum absolute atomic E-state index is 0.0548. The van der Waals surface area contributed by atoms with Crippen molar-refractivity contribution in [3.05, 3.63) is 30.3 Å². The van der Waals surface area contributed by atoms with E-state index in [2.05, 4.69) is 0 Å². The summed E-state index contributed by atoms with van der Waals surface area (Å²) < 4.78 is 10.5. The molecule has 0 saturated carbocycles. The summed E-state index contributed by atoms with van der Waals surface area (Å²) in [4.78, 5) is 25.7. The number of thioether (sulfide) groups is 1. The van der Waals surface area contributed by atoms with Crippen molar-refractivity contribution in [3.63, 3.8) is 0 Å². The Kier molecular flexibility index (Phi) is 5.82. The fraction of sp³-hybridized carbons (Fsp3) is 0.500. The molecule has 0 amide bonds. The van der Waals surface area contributed by atoms with E-state index in [1.165, 1.54) is 0 Å². The third-order valence-electron chi connectivity index (χ3n) is 3.56. The Labute approximate surface area is 129 Å². The summed E-state index contributed by atoms with van der Waals surface area (Å²) in [6.07, 6.45) is 0.735. The zero-order valence-electron chi connectivity index (χ0n) is 12.2. The van der Waals surface area contributed by atoms with Gasteiger partial charge in [-0.05, 0) is 31.2 Å². The van der Waals surface area contributed by atoms with Gasteiger partial charge in [0, 0.05) is 11.3 Å². The van der Waals surface area contributed by atoms with Gasteiger partial charge in [-0.25, -0.2) is 0 Å². The van der Waals surface area contributed by atoms with Crippen LogP contribution in [0.1, 0.15) is 19.8 Å². The van der Waals surface area contributed by atoms with Gasteiger partial charge < -0.3 is 9.47 Å². The third-order valence-corrected chi connectivity index (χ3v) is 4.58. The predicted octanol–water partition coefficient (Wildman–Crippen LogP) is 2.71. The molecule has 5 heteroatoms. The summed E-state index contributed by atoms with van der Waals surface area (Å²) in [6, 6.07) is 9.93. The Morgan fingerprint density at radius 1 is 1.38 bits per heavy atom. The molecule has 1 saturated heterocycles. The molecule has 1 atom stereocenters. The van der Waals surface area contributed by atoms with Gasteiger partial charge in [-0.1, -0.05) is 18.2 Å². The summed E-state index contributed by atoms with van der Waals surface area (Å²) in [5, 5.41) is 0. The van der Waals surface area contributed by atoms with Gasteiger partial charge in [0.15, 0.2) is 11.2 Å². The molecule has 0 aromatic heterocycles. The van der Waals surface area contributed by atoms with Crippen molar-refractivity contribution in [2.24, 2.45) is 5.41 Å². The first-order valence-corrected chi connectivity index (χ1v) is 8.14. The Morgan fingerprint density at radius 3 is 2.81 bits per heavy atom. The number of hydrogen-bond acceptors (Lipinski definition) is 5. The van der Waals surface area contributed by atoms with Gasteiger partial charge in [-0.2, -0.15) is 0 Å². The smallest absolute Gasteiger partial charge is 0.322 e. The minimum atomic E-state index is -1.12. The SMILES string of the molecule is CCOC(=O)C1(CCSc2ccccc2)COCCC1=O. The Morgan fingerprint density at radius 2 is 2.14 bits per heavy atom. The average molecular weight is 308 g/mol. The van der Waals surface area contributed by atoms with Crippen LogP contribution in [-0.2, 0) is 19.1 Å². The molecular formula is C16H20O4S. The van der Waals surface area contributed by atoms with Crippen LogP contribution in [0, 0.1) is 5.41 Å². The van der Waals surface area contributed by atoms with Gasteiger partial charge >= 0.3 is 5.97 Å². The Bertz CT molecular complexity index is 488. The van der Waals surface area contributed by atoms with Crippen LogP contribution in [-0.4, -0.2) is 37.3 Å². The van der Waals surface area contributed by atoms with Gasteiger partial charge in [0.2, 0.25) is 0 Å². The lowest BCUT2D eigenvalue weighted by molar-refractivity contribution is -0.169. The van der Waals surface area contributed by atoms with Crippen molar-refractivity contribution in [3.8, 4) is 0 Å². The zero-order chi connectivity index (χ0) is 15.1. The number of esters is 1. The van der Waals surface area contributed by atoms with E-state index in [4.69, 9.17) is 9.47 Å². The van der Waals surface area contributed by atoms with E-state index in [0.29, 0.717) is 18.8 Å². The second-order valence-electron chi connectivity index (χ2n) is 4.94. The summed E-state index contributed by atoms with van der Waals surface area (Å²) in [5.41, 5.74) is -1.12. The molecule has 1 aliphatic heterocycles. The molecule has 1 aromatic rings. The molecule has 0 aliphatic carbocycles. The van der Waals surface area contributed by atoms with Crippen LogP contribution in [0.15, 0.2) is 35.2 Å². The van der Waals surface area contributed by atoms with Crippen LogP contribution in [0.3, 0.4) is 0 Å². The normalized spacial score (nSPS) is 22.0. The fourth-order valence-electron chi connectivity index (χ4n) is 2.35. The van der Waals surface area contributed by atoms with Gasteiger partial charge in [-0.3, -0.25) is 9.59 Å². The quantitative estimate of drug-likeness (QED) is 0.459. The van der Waals surface area contributed by atoms with E-state index in [0.717, 1.165) is 4.90 Å². The molecular weight excluding hydrogens is 288 g/mol. The number of ketones is 1. The maximum absolute atomic E-state index is 12.3. The van der Waals surface area contributed by atoms with Crippen LogP contribution < -0.4 is 0 Å². The zero-order valence-corrected chi connectivity index (χ0v) is 13.0. The summed E-state index contributed by atoms with van der Waals surface area (Å²) in [6.45, 7) is 2.56. The Balaban J connectivity index is 2.02. The molecule has 0 spiro atoms. The van der Waals surface area contributed by atoms with Crippen LogP contribution in [0.5, 0.6) is 0 Å². The highest BCUT2D eigenvalue weighted by atomic mass is 32.2. The van der Waals surface area contributed by atoms with Gasteiger partial charge in [0.05, 0.1) is 19.8 Å². The van der Waals surface area contributed by atoms with Crippen molar-refractivity contribution in [1.82, 2.24) is 0 Å². The van der Waals surface area contributed by atoms with Crippen LogP contribution in [0.25, 0.3) is 0 Å². The lowest BCUT2D eigenvalue weighted by Gasteiger charge is -2.33. The summed E-state index contributed by atoms with van der Waals surface area (Å²) in [5.74, 6) is 0.182. The third kappa shape index (κ3) is 3.86. The number of Topliss-reactive ketones (excluding diaryl/α,β-unsaturated/α-hetero) is 1. The van der Waals surface area contributed by atoms with E-state index in [1.54, 1.807) is 18.7 Å². The molecule has 0 N–H and O–H groups in total. The maximum Gasteiger partial charge on any atom is 0.322 e. The first-order chi connectivity index (χ1) is 10.2. The van der Waals surface area contributed by atoms with E-state index in [9.17, 15) is 9.59 Å². The van der Waals surface area contributed by atoms with Crippen LogP contribution in [0.2, 0.25) is 0 Å². The highest BCUT2D eigenvalue weighted by Crippen LogP contribution is 2.33. The van der Waals surface area contributed by atoms with Gasteiger partial charge in [0.25, 0.3) is 0 Å². The van der Waals surface area contributed by atoms with Gasteiger partial charge in [0.1, 0.15) is 0 Å². The molecule has 1 fully saturated rings. The van der Waals surface area contributed by atoms with Gasteiger partial charge in [-0.15, -0.1) is 11.8 Å². The largest absolute Gasteiger partial charge is 0.465 e. The van der Waals surface area contributed by atoms with Crippen molar-refractivity contribution >= 4 is 23.5 Å². The van der Waals surface area contributed by atoms with E-state index in [-0.39, 0.29) is 25.4 Å². The van der Waals surface area contributed by atoms with E-state index in [1.807, 2.05) is 30.3 Å². The maximum atomic E-state index is 12.3. The first-order valence-electron chi connectivity index (χ1n) is 7.15. The molecule has 1 aromatic carbocycles. The number of benzene rings is 1. The topological polar surface area (TPSA) is 52.6 Å². The van der Waals surface area contributed by atoms with E-state index < -0.39 is 11.4 Å². The fourth-order valence-corrected chi connectivity index (χ4v) is 3.38. The molecule has 1 heterocycles. The number of hydrogen-bond donors (Lipinski definition) is 0. The molecule has 21 heavy (non-hydrogen) atoms. The van der Waals surface area contributed by atoms with Crippen molar-refractivity contribution in [1.29, 1.82) is 0 Å². The molecule has 0 bridgehead atoms. The monoisotopic (exact) mass is 308 g/mol. The van der Waals surface area contributed by atoms with Crippen LogP contribution >= 0.6 is 11.8 Å². The van der Waals surface area contributed by atoms with Crippen molar-refractivity contribution < 1.29 is 19.1 Å². The lowest BCUT2D eigenvalue weighted by Crippen LogP contribution is -2.48. The molecule has 1 aliphatic rings. The number of carbonyl (C=O) groups excluding carboxylic acids is 2. The van der Waals surface area contributed by atoms with E-state index >= 15 is 0 Å². The van der Waals surface area contributed by atoms with Crippen molar-refractivity contribution in [2.45, 2.75) is 24.7 Å². The highest BCUT2D eigenvalue weighted by Gasteiger charge is 2.48.